The Bertz CT molecular complexity index is 519. The molecule has 0 aliphatic carbocycles. The molecule has 0 amide bonds. The number of piperidine rings is 1. The third-order valence-corrected chi connectivity index (χ3v) is 3.88. The first-order valence-electron chi connectivity index (χ1n) is 7.17. The fourth-order valence-electron chi connectivity index (χ4n) is 2.68. The van der Waals surface area contributed by atoms with Gasteiger partial charge in [-0.1, -0.05) is 12.1 Å². The second-order valence-corrected chi connectivity index (χ2v) is 5.40. The van der Waals surface area contributed by atoms with Gasteiger partial charge in [0.25, 0.3) is 6.02 Å². The Labute approximate surface area is 121 Å². The van der Waals surface area contributed by atoms with Gasteiger partial charge in [-0.05, 0) is 37.0 Å². The smallest absolute Gasteiger partial charge is 0.416 e. The normalized spacial score (nSPS) is 22.9. The van der Waals surface area contributed by atoms with E-state index in [1.54, 1.807) is 0 Å². The molecule has 1 atom stereocenters. The molecule has 0 aromatic heterocycles. The molecule has 1 saturated heterocycles. The van der Waals surface area contributed by atoms with E-state index in [9.17, 15) is 13.2 Å². The molecule has 1 aromatic carbocycles. The fraction of sp³-hybridized carbons (Fsp3) is 0.533. The van der Waals surface area contributed by atoms with E-state index in [0.717, 1.165) is 43.6 Å². The largest absolute Gasteiger partial charge is 0.455 e. The van der Waals surface area contributed by atoms with Gasteiger partial charge >= 0.3 is 6.18 Å². The van der Waals surface area contributed by atoms with Gasteiger partial charge < -0.3 is 9.64 Å². The molecule has 0 saturated carbocycles. The van der Waals surface area contributed by atoms with Gasteiger partial charge in [0.05, 0.1) is 12.1 Å². The molecule has 1 fully saturated rings. The summed E-state index contributed by atoms with van der Waals surface area (Å²) in [5, 5.41) is 0. The third kappa shape index (κ3) is 3.14. The van der Waals surface area contributed by atoms with Crippen LogP contribution in [0.25, 0.3) is 0 Å². The van der Waals surface area contributed by atoms with Gasteiger partial charge in [-0.3, -0.25) is 0 Å². The third-order valence-electron chi connectivity index (χ3n) is 3.88. The minimum absolute atomic E-state index is 0.274. The molecule has 1 unspecified atom stereocenters. The van der Waals surface area contributed by atoms with Gasteiger partial charge in [0.15, 0.2) is 0 Å². The Kier molecular flexibility index (Phi) is 3.78. The Morgan fingerprint density at radius 2 is 1.71 bits per heavy atom. The number of halogens is 3. The number of alkyl halides is 3. The van der Waals surface area contributed by atoms with Crippen molar-refractivity contribution in [3.8, 4) is 0 Å². The zero-order chi connectivity index (χ0) is 14.9. The van der Waals surface area contributed by atoms with Crippen molar-refractivity contribution in [2.24, 2.45) is 4.99 Å². The number of nitrogens with zero attached hydrogens (tertiary/aromatic N) is 2. The van der Waals surface area contributed by atoms with Crippen LogP contribution in [0.2, 0.25) is 0 Å². The Morgan fingerprint density at radius 1 is 1.05 bits per heavy atom. The predicted octanol–water partition coefficient (Wildman–Crippen LogP) is 3.62. The topological polar surface area (TPSA) is 24.8 Å². The standard InChI is InChI=1S/C15H17F3N2O/c16-15(17,18)12-6-4-11(5-7-12)13-10-19-14(21-13)20-8-2-1-3-9-20/h4-7,13H,1-3,8-10H2. The summed E-state index contributed by atoms with van der Waals surface area (Å²) in [6, 6.07) is 5.78. The minimum atomic E-state index is -4.30. The number of benzene rings is 1. The Balaban J connectivity index is 1.64. The number of ether oxygens (including phenoxy) is 1. The quantitative estimate of drug-likeness (QED) is 0.791. The molecule has 21 heavy (non-hydrogen) atoms. The average molecular weight is 298 g/mol. The second kappa shape index (κ2) is 5.58. The summed E-state index contributed by atoms with van der Waals surface area (Å²) in [5.41, 5.74) is 0.0974. The highest BCUT2D eigenvalue weighted by Gasteiger charge is 2.31. The molecule has 114 valence electrons. The van der Waals surface area contributed by atoms with Crippen molar-refractivity contribution < 1.29 is 17.9 Å². The van der Waals surface area contributed by atoms with Gasteiger partial charge in [-0.2, -0.15) is 13.2 Å². The lowest BCUT2D eigenvalue weighted by Crippen LogP contribution is -2.36. The number of amidine groups is 1. The van der Waals surface area contributed by atoms with E-state index in [1.165, 1.54) is 18.6 Å². The first-order valence-corrected chi connectivity index (χ1v) is 7.17. The SMILES string of the molecule is FC(F)(F)c1ccc(C2CN=C(N3CCCCC3)O2)cc1. The minimum Gasteiger partial charge on any atom is -0.455 e. The van der Waals surface area contributed by atoms with Crippen molar-refractivity contribution in [2.75, 3.05) is 19.6 Å². The average Bonchev–Trinajstić information content (AvgIpc) is 2.97. The molecule has 2 aliphatic heterocycles. The van der Waals surface area contributed by atoms with Crippen LogP contribution in [0.1, 0.15) is 36.5 Å². The summed E-state index contributed by atoms with van der Waals surface area (Å²) >= 11 is 0. The highest BCUT2D eigenvalue weighted by Crippen LogP contribution is 2.31. The van der Waals surface area contributed by atoms with Crippen LogP contribution in [0.3, 0.4) is 0 Å². The van der Waals surface area contributed by atoms with Crippen LogP contribution in [-0.4, -0.2) is 30.6 Å². The molecule has 0 spiro atoms. The zero-order valence-corrected chi connectivity index (χ0v) is 11.6. The predicted molar refractivity (Wildman–Crippen MR) is 73.0 cm³/mol. The molecule has 0 bridgehead atoms. The fourth-order valence-corrected chi connectivity index (χ4v) is 2.68. The van der Waals surface area contributed by atoms with Crippen molar-refractivity contribution in [1.29, 1.82) is 0 Å². The number of hydrogen-bond acceptors (Lipinski definition) is 3. The molecule has 3 rings (SSSR count). The van der Waals surface area contributed by atoms with Gasteiger partial charge in [-0.25, -0.2) is 4.99 Å². The summed E-state index contributed by atoms with van der Waals surface area (Å²) in [6.45, 7) is 2.36. The van der Waals surface area contributed by atoms with Crippen LogP contribution in [0.4, 0.5) is 13.2 Å². The number of hydrogen-bond donors (Lipinski definition) is 0. The Hall–Kier alpha value is -1.72. The van der Waals surface area contributed by atoms with E-state index >= 15 is 0 Å². The van der Waals surface area contributed by atoms with Crippen molar-refractivity contribution in [3.63, 3.8) is 0 Å². The first-order chi connectivity index (χ1) is 10.0. The lowest BCUT2D eigenvalue weighted by atomic mass is 10.1. The molecular weight excluding hydrogens is 281 g/mol. The summed E-state index contributed by atoms with van der Waals surface area (Å²) in [6.07, 6.45) is -1.08. The van der Waals surface area contributed by atoms with E-state index in [2.05, 4.69) is 9.89 Å². The van der Waals surface area contributed by atoms with Crippen LogP contribution in [0, 0.1) is 0 Å². The second-order valence-electron chi connectivity index (χ2n) is 5.40. The van der Waals surface area contributed by atoms with Crippen LogP contribution in [-0.2, 0) is 10.9 Å². The van der Waals surface area contributed by atoms with Gasteiger partial charge in [-0.15, -0.1) is 0 Å². The lowest BCUT2D eigenvalue weighted by Gasteiger charge is -2.28. The summed E-state index contributed by atoms with van der Waals surface area (Å²) in [5.74, 6) is 0. The van der Waals surface area contributed by atoms with Crippen molar-refractivity contribution in [2.45, 2.75) is 31.5 Å². The molecule has 3 nitrogen and oxygen atoms in total. The number of rotatable bonds is 1. The molecular formula is C15H17F3N2O. The van der Waals surface area contributed by atoms with E-state index < -0.39 is 11.7 Å². The van der Waals surface area contributed by atoms with Gasteiger partial charge in [0.1, 0.15) is 6.10 Å². The first kappa shape index (κ1) is 14.2. The van der Waals surface area contributed by atoms with E-state index in [1.807, 2.05) is 0 Å². The summed E-state index contributed by atoms with van der Waals surface area (Å²) in [4.78, 5) is 6.51. The molecule has 1 aromatic rings. The van der Waals surface area contributed by atoms with Gasteiger partial charge in [0, 0.05) is 13.1 Å². The summed E-state index contributed by atoms with van der Waals surface area (Å²) in [7, 11) is 0. The Morgan fingerprint density at radius 3 is 2.33 bits per heavy atom. The van der Waals surface area contributed by atoms with Crippen LogP contribution in [0.5, 0.6) is 0 Å². The maximum atomic E-state index is 12.5. The highest BCUT2D eigenvalue weighted by atomic mass is 19.4. The number of likely N-dealkylation sites (tertiary alicyclic amines) is 1. The molecule has 0 radical (unpaired) electrons. The van der Waals surface area contributed by atoms with Crippen molar-refractivity contribution >= 4 is 6.02 Å². The van der Waals surface area contributed by atoms with Crippen molar-refractivity contribution in [3.05, 3.63) is 35.4 Å². The monoisotopic (exact) mass is 298 g/mol. The number of aliphatic imine (C=N–C) groups is 1. The molecule has 6 heteroatoms. The maximum absolute atomic E-state index is 12.5. The summed E-state index contributed by atoms with van der Waals surface area (Å²) < 4.78 is 43.4. The highest BCUT2D eigenvalue weighted by molar-refractivity contribution is 5.75. The van der Waals surface area contributed by atoms with E-state index in [0.29, 0.717) is 12.6 Å². The molecule has 0 N–H and O–H groups in total. The van der Waals surface area contributed by atoms with E-state index in [-0.39, 0.29) is 6.10 Å². The van der Waals surface area contributed by atoms with Crippen molar-refractivity contribution in [1.82, 2.24) is 4.90 Å². The van der Waals surface area contributed by atoms with Crippen LogP contribution < -0.4 is 0 Å². The van der Waals surface area contributed by atoms with Crippen LogP contribution >= 0.6 is 0 Å². The van der Waals surface area contributed by atoms with Gasteiger partial charge in [0.2, 0.25) is 0 Å². The lowest BCUT2D eigenvalue weighted by molar-refractivity contribution is -0.137. The molecule has 2 heterocycles. The zero-order valence-electron chi connectivity index (χ0n) is 11.6. The molecule has 2 aliphatic rings. The van der Waals surface area contributed by atoms with Crippen LogP contribution in [0.15, 0.2) is 29.3 Å². The van der Waals surface area contributed by atoms with E-state index in [4.69, 9.17) is 4.74 Å². The maximum Gasteiger partial charge on any atom is 0.416 e.